The second kappa shape index (κ2) is 9.80. The van der Waals surface area contributed by atoms with Crippen LogP contribution in [0, 0.1) is 0 Å². The maximum atomic E-state index is 12.6. The summed E-state index contributed by atoms with van der Waals surface area (Å²) in [4.78, 5) is 29.3. The molecule has 1 aliphatic heterocycles. The van der Waals surface area contributed by atoms with Gasteiger partial charge in [-0.25, -0.2) is 4.79 Å². The summed E-state index contributed by atoms with van der Waals surface area (Å²) in [6.45, 7) is 3.73. The largest absolute Gasteiger partial charge is 0.465 e. The van der Waals surface area contributed by atoms with Gasteiger partial charge in [0.05, 0.1) is 29.5 Å². The van der Waals surface area contributed by atoms with Crippen molar-refractivity contribution in [2.45, 2.75) is 13.5 Å². The number of esters is 1. The van der Waals surface area contributed by atoms with Gasteiger partial charge in [0.1, 0.15) is 0 Å². The first-order valence-corrected chi connectivity index (χ1v) is 10.9. The SMILES string of the molecule is CCOCCn1c(=NC(=O)C=Cc2ccc3c(c2)OCO3)sc2cc(C(=O)OC)ccc21. The van der Waals surface area contributed by atoms with E-state index in [-0.39, 0.29) is 6.79 Å². The molecule has 0 fully saturated rings. The molecule has 32 heavy (non-hydrogen) atoms. The number of hydrogen-bond donors (Lipinski definition) is 0. The minimum atomic E-state index is -0.414. The molecule has 2 aromatic carbocycles. The van der Waals surface area contributed by atoms with Crippen molar-refractivity contribution in [1.29, 1.82) is 0 Å². The van der Waals surface area contributed by atoms with E-state index in [0.29, 0.717) is 41.6 Å². The Balaban J connectivity index is 1.64. The highest BCUT2D eigenvalue weighted by atomic mass is 32.1. The third kappa shape index (κ3) is 4.74. The highest BCUT2D eigenvalue weighted by Gasteiger charge is 2.13. The number of methoxy groups -OCH3 is 1. The van der Waals surface area contributed by atoms with Gasteiger partial charge in [-0.05, 0) is 48.9 Å². The molecular formula is C23H22N2O6S. The molecule has 1 aliphatic rings. The molecule has 9 heteroatoms. The number of carbonyl (C=O) groups is 2. The molecule has 0 unspecified atom stereocenters. The quantitative estimate of drug-likeness (QED) is 0.309. The number of hydrogen-bond acceptors (Lipinski definition) is 7. The summed E-state index contributed by atoms with van der Waals surface area (Å²) in [7, 11) is 1.34. The van der Waals surface area contributed by atoms with E-state index in [1.165, 1.54) is 24.5 Å². The van der Waals surface area contributed by atoms with Crippen LogP contribution >= 0.6 is 11.3 Å². The number of fused-ring (bicyclic) bond motifs is 2. The second-order valence-corrected chi connectivity index (χ2v) is 7.81. The summed E-state index contributed by atoms with van der Waals surface area (Å²) in [6.07, 6.45) is 3.09. The van der Waals surface area contributed by atoms with Gasteiger partial charge in [0.2, 0.25) is 6.79 Å². The van der Waals surface area contributed by atoms with Gasteiger partial charge >= 0.3 is 5.97 Å². The van der Waals surface area contributed by atoms with Gasteiger partial charge in [0.15, 0.2) is 16.3 Å². The van der Waals surface area contributed by atoms with Gasteiger partial charge in [0, 0.05) is 19.2 Å². The smallest absolute Gasteiger partial charge is 0.337 e. The van der Waals surface area contributed by atoms with Crippen molar-refractivity contribution < 1.29 is 28.5 Å². The summed E-state index contributed by atoms with van der Waals surface area (Å²) in [5.74, 6) is 0.524. The topological polar surface area (TPSA) is 88.4 Å². The summed E-state index contributed by atoms with van der Waals surface area (Å²) >= 11 is 1.33. The Morgan fingerprint density at radius 2 is 2.03 bits per heavy atom. The van der Waals surface area contributed by atoms with Crippen LogP contribution in [0.15, 0.2) is 47.5 Å². The van der Waals surface area contributed by atoms with E-state index in [1.54, 1.807) is 24.3 Å². The lowest BCUT2D eigenvalue weighted by Crippen LogP contribution is -2.19. The van der Waals surface area contributed by atoms with Crippen molar-refractivity contribution in [2.24, 2.45) is 4.99 Å². The summed E-state index contributed by atoms with van der Waals surface area (Å²) < 4.78 is 23.7. The van der Waals surface area contributed by atoms with Crippen LogP contribution in [0.4, 0.5) is 0 Å². The molecule has 0 radical (unpaired) electrons. The number of thiazole rings is 1. The summed E-state index contributed by atoms with van der Waals surface area (Å²) in [5, 5.41) is 0. The molecular weight excluding hydrogens is 432 g/mol. The number of amides is 1. The molecule has 0 atom stereocenters. The van der Waals surface area contributed by atoms with Crippen LogP contribution in [0.2, 0.25) is 0 Å². The minimum Gasteiger partial charge on any atom is -0.465 e. The lowest BCUT2D eigenvalue weighted by atomic mass is 10.2. The average Bonchev–Trinajstić information content (AvgIpc) is 3.41. The Bertz CT molecular complexity index is 1260. The van der Waals surface area contributed by atoms with Crippen LogP contribution in [-0.4, -0.2) is 43.6 Å². The number of benzene rings is 2. The lowest BCUT2D eigenvalue weighted by molar-refractivity contribution is -0.113. The Morgan fingerprint density at radius 3 is 2.84 bits per heavy atom. The van der Waals surface area contributed by atoms with Crippen molar-refractivity contribution in [3.63, 3.8) is 0 Å². The standard InChI is InChI=1S/C23H22N2O6S/c1-3-29-11-10-25-17-7-6-16(22(27)28-2)13-20(17)32-23(25)24-21(26)9-5-15-4-8-18-19(12-15)31-14-30-18/h4-9,12-13H,3,10-11,14H2,1-2H3. The van der Waals surface area contributed by atoms with Gasteiger partial charge in [-0.1, -0.05) is 17.4 Å². The van der Waals surface area contributed by atoms with Crippen molar-refractivity contribution in [3.05, 3.63) is 58.4 Å². The molecule has 3 aromatic rings. The molecule has 0 saturated carbocycles. The first-order chi connectivity index (χ1) is 15.6. The van der Waals surface area contributed by atoms with Crippen LogP contribution in [0.1, 0.15) is 22.8 Å². The van der Waals surface area contributed by atoms with Crippen LogP contribution in [0.3, 0.4) is 0 Å². The van der Waals surface area contributed by atoms with Crippen LogP contribution in [0.5, 0.6) is 11.5 Å². The first-order valence-electron chi connectivity index (χ1n) is 10.0. The van der Waals surface area contributed by atoms with Gasteiger partial charge < -0.3 is 23.5 Å². The number of carbonyl (C=O) groups excluding carboxylic acids is 2. The predicted molar refractivity (Wildman–Crippen MR) is 120 cm³/mol. The van der Waals surface area contributed by atoms with Crippen LogP contribution < -0.4 is 14.3 Å². The fraction of sp³-hybridized carbons (Fsp3) is 0.261. The van der Waals surface area contributed by atoms with Crippen molar-refractivity contribution in [1.82, 2.24) is 4.57 Å². The lowest BCUT2D eigenvalue weighted by Gasteiger charge is -2.05. The third-order valence-electron chi connectivity index (χ3n) is 4.79. The van der Waals surface area contributed by atoms with Crippen molar-refractivity contribution >= 4 is 39.5 Å². The van der Waals surface area contributed by atoms with E-state index in [9.17, 15) is 9.59 Å². The third-order valence-corrected chi connectivity index (χ3v) is 5.83. The highest BCUT2D eigenvalue weighted by Crippen LogP contribution is 2.32. The fourth-order valence-electron chi connectivity index (χ4n) is 3.24. The number of aromatic nitrogens is 1. The second-order valence-electron chi connectivity index (χ2n) is 6.80. The molecule has 4 rings (SSSR count). The maximum Gasteiger partial charge on any atom is 0.337 e. The van der Waals surface area contributed by atoms with E-state index >= 15 is 0 Å². The molecule has 0 aliphatic carbocycles. The van der Waals surface area contributed by atoms with Crippen molar-refractivity contribution in [3.8, 4) is 11.5 Å². The van der Waals surface area contributed by atoms with Crippen LogP contribution in [0.25, 0.3) is 16.3 Å². The molecule has 2 heterocycles. The van der Waals surface area contributed by atoms with Gasteiger partial charge in [-0.3, -0.25) is 4.79 Å². The monoisotopic (exact) mass is 454 g/mol. The van der Waals surface area contributed by atoms with Gasteiger partial charge in [0.25, 0.3) is 5.91 Å². The number of rotatable bonds is 7. The van der Waals surface area contributed by atoms with Crippen LogP contribution in [-0.2, 0) is 20.8 Å². The van der Waals surface area contributed by atoms with E-state index in [0.717, 1.165) is 15.8 Å². The fourth-order valence-corrected chi connectivity index (χ4v) is 4.34. The Kier molecular flexibility index (Phi) is 6.67. The zero-order chi connectivity index (χ0) is 22.5. The molecule has 0 bridgehead atoms. The van der Waals surface area contributed by atoms with Gasteiger partial charge in [-0.2, -0.15) is 4.99 Å². The molecule has 0 saturated heterocycles. The normalized spacial score (nSPS) is 13.2. The maximum absolute atomic E-state index is 12.6. The minimum absolute atomic E-state index is 0.197. The summed E-state index contributed by atoms with van der Waals surface area (Å²) in [5.41, 5.74) is 2.12. The zero-order valence-corrected chi connectivity index (χ0v) is 18.5. The first kappa shape index (κ1) is 21.8. The number of ether oxygens (including phenoxy) is 4. The number of nitrogens with zero attached hydrogens (tertiary/aromatic N) is 2. The summed E-state index contributed by atoms with van der Waals surface area (Å²) in [6, 6.07) is 10.7. The molecule has 0 N–H and O–H groups in total. The molecule has 0 spiro atoms. The van der Waals surface area contributed by atoms with E-state index < -0.39 is 11.9 Å². The Labute approximate surface area is 188 Å². The van der Waals surface area contributed by atoms with E-state index in [2.05, 4.69) is 4.99 Å². The van der Waals surface area contributed by atoms with E-state index in [1.807, 2.05) is 29.7 Å². The highest BCUT2D eigenvalue weighted by molar-refractivity contribution is 7.16. The molecule has 166 valence electrons. The average molecular weight is 455 g/mol. The molecule has 1 aromatic heterocycles. The van der Waals surface area contributed by atoms with Crippen molar-refractivity contribution in [2.75, 3.05) is 27.1 Å². The molecule has 1 amide bonds. The predicted octanol–water partition coefficient (Wildman–Crippen LogP) is 3.40. The molecule has 8 nitrogen and oxygen atoms in total. The van der Waals surface area contributed by atoms with Gasteiger partial charge in [-0.15, -0.1) is 0 Å². The van der Waals surface area contributed by atoms with E-state index in [4.69, 9.17) is 18.9 Å². The Hall–Kier alpha value is -3.43. The Morgan fingerprint density at radius 1 is 1.19 bits per heavy atom. The zero-order valence-electron chi connectivity index (χ0n) is 17.7.